The lowest BCUT2D eigenvalue weighted by molar-refractivity contribution is 0.585. The second-order valence-corrected chi connectivity index (χ2v) is 7.90. The van der Waals surface area contributed by atoms with E-state index in [2.05, 4.69) is 0 Å². The van der Waals surface area contributed by atoms with Crippen LogP contribution in [-0.2, 0) is 20.4 Å². The van der Waals surface area contributed by atoms with Crippen molar-refractivity contribution in [3.8, 4) is 0 Å². The Balaban J connectivity index is 2.41. The molecule has 0 spiro atoms. The fourth-order valence-electron chi connectivity index (χ4n) is 1.91. The van der Waals surface area contributed by atoms with Crippen LogP contribution in [0.25, 0.3) is 0 Å². The molecule has 0 heterocycles. The van der Waals surface area contributed by atoms with Crippen LogP contribution in [0.2, 0.25) is 0 Å². The summed E-state index contributed by atoms with van der Waals surface area (Å²) in [5.74, 6) is -0.490. The zero-order valence-electron chi connectivity index (χ0n) is 11.2. The lowest BCUT2D eigenvalue weighted by atomic mass is 10.2. The summed E-state index contributed by atoms with van der Waals surface area (Å²) in [6, 6.07) is 10.8. The van der Waals surface area contributed by atoms with E-state index in [-0.39, 0.29) is 9.79 Å². The lowest BCUT2D eigenvalue weighted by Crippen LogP contribution is -2.11. The van der Waals surface area contributed by atoms with Crippen molar-refractivity contribution in [1.29, 1.82) is 4.78 Å². The minimum Gasteiger partial charge on any atom is -0.251 e. The molecule has 21 heavy (non-hydrogen) atoms. The molecule has 0 amide bonds. The summed E-state index contributed by atoms with van der Waals surface area (Å²) in [6.45, 7) is 1.49. The van der Waals surface area contributed by atoms with Gasteiger partial charge in [-0.15, -0.1) is 0 Å². The summed E-state index contributed by atoms with van der Waals surface area (Å²) >= 11 is 0. The molecular formula is C14H14FNO3S2. The third kappa shape index (κ3) is 3.30. The average molecular weight is 327 g/mol. The SMILES string of the molecule is C[C@H](c1cccc(F)c1)S(=O)(=O)c1ccc([SH](=N)=O)cc1. The highest BCUT2D eigenvalue weighted by Gasteiger charge is 2.25. The van der Waals surface area contributed by atoms with E-state index < -0.39 is 31.5 Å². The van der Waals surface area contributed by atoms with Gasteiger partial charge in [-0.05, 0) is 48.9 Å². The molecule has 0 fully saturated rings. The Morgan fingerprint density at radius 2 is 1.76 bits per heavy atom. The third-order valence-corrected chi connectivity index (χ3v) is 6.08. The van der Waals surface area contributed by atoms with Crippen molar-refractivity contribution >= 4 is 20.4 Å². The van der Waals surface area contributed by atoms with E-state index in [9.17, 15) is 17.0 Å². The predicted molar refractivity (Wildman–Crippen MR) is 79.0 cm³/mol. The highest BCUT2D eigenvalue weighted by Crippen LogP contribution is 2.29. The van der Waals surface area contributed by atoms with Gasteiger partial charge in [0.05, 0.1) is 20.7 Å². The Morgan fingerprint density at radius 1 is 1.14 bits per heavy atom. The second-order valence-electron chi connectivity index (χ2n) is 4.53. The van der Waals surface area contributed by atoms with Crippen LogP contribution in [0.15, 0.2) is 58.3 Å². The first-order valence-corrected chi connectivity index (χ1v) is 8.91. The van der Waals surface area contributed by atoms with Crippen LogP contribution in [-0.4, -0.2) is 12.6 Å². The highest BCUT2D eigenvalue weighted by molar-refractivity contribution is 7.91. The molecule has 0 aliphatic rings. The molecule has 0 aliphatic heterocycles. The molecule has 2 aromatic carbocycles. The van der Waals surface area contributed by atoms with Crippen molar-refractivity contribution in [2.75, 3.05) is 0 Å². The summed E-state index contributed by atoms with van der Waals surface area (Å²) in [6.07, 6.45) is 0. The van der Waals surface area contributed by atoms with Gasteiger partial charge < -0.3 is 0 Å². The first-order valence-electron chi connectivity index (χ1n) is 6.10. The molecular weight excluding hydrogens is 313 g/mol. The Bertz CT molecular complexity index is 820. The first-order chi connectivity index (χ1) is 9.82. The van der Waals surface area contributed by atoms with E-state index in [4.69, 9.17) is 4.78 Å². The summed E-state index contributed by atoms with van der Waals surface area (Å²) in [5, 5.41) is -0.899. The van der Waals surface area contributed by atoms with Gasteiger partial charge in [0.1, 0.15) is 5.82 Å². The van der Waals surface area contributed by atoms with Gasteiger partial charge in [0.25, 0.3) is 0 Å². The van der Waals surface area contributed by atoms with E-state index in [1.807, 2.05) is 0 Å². The minimum absolute atomic E-state index is 0.0554. The van der Waals surface area contributed by atoms with E-state index in [1.54, 1.807) is 6.07 Å². The fourth-order valence-corrected chi connectivity index (χ4v) is 3.76. The predicted octanol–water partition coefficient (Wildman–Crippen LogP) is 2.96. The molecule has 2 rings (SSSR count). The van der Waals surface area contributed by atoms with E-state index >= 15 is 0 Å². The minimum atomic E-state index is -3.67. The molecule has 0 radical (unpaired) electrons. The molecule has 0 saturated carbocycles. The molecule has 7 heteroatoms. The summed E-state index contributed by atoms with van der Waals surface area (Å²) in [7, 11) is -5.93. The van der Waals surface area contributed by atoms with E-state index in [1.165, 1.54) is 49.4 Å². The molecule has 0 bridgehead atoms. The Morgan fingerprint density at radius 3 is 2.29 bits per heavy atom. The molecule has 0 aliphatic carbocycles. The Kier molecular flexibility index (Phi) is 4.43. The lowest BCUT2D eigenvalue weighted by Gasteiger charge is -2.13. The maximum atomic E-state index is 13.2. The average Bonchev–Trinajstić information content (AvgIpc) is 2.46. The van der Waals surface area contributed by atoms with Crippen LogP contribution in [0, 0.1) is 10.6 Å². The van der Waals surface area contributed by atoms with Crippen LogP contribution in [0.3, 0.4) is 0 Å². The molecule has 112 valence electrons. The van der Waals surface area contributed by atoms with Crippen molar-refractivity contribution in [1.82, 2.24) is 0 Å². The molecule has 2 atom stereocenters. The van der Waals surface area contributed by atoms with Crippen LogP contribution >= 0.6 is 0 Å². The van der Waals surface area contributed by atoms with E-state index in [0.29, 0.717) is 5.56 Å². The van der Waals surface area contributed by atoms with Gasteiger partial charge in [-0.2, -0.15) is 0 Å². The molecule has 0 aromatic heterocycles. The summed E-state index contributed by atoms with van der Waals surface area (Å²) < 4.78 is 56.3. The van der Waals surface area contributed by atoms with Crippen molar-refractivity contribution in [3.63, 3.8) is 0 Å². The van der Waals surface area contributed by atoms with E-state index in [0.717, 1.165) is 0 Å². The number of sulfone groups is 1. The number of rotatable bonds is 4. The van der Waals surface area contributed by atoms with Crippen LogP contribution in [0.4, 0.5) is 4.39 Å². The van der Waals surface area contributed by atoms with Crippen molar-refractivity contribution in [3.05, 3.63) is 59.9 Å². The van der Waals surface area contributed by atoms with Gasteiger partial charge in [0, 0.05) is 4.90 Å². The number of hydrogen-bond acceptors (Lipinski definition) is 4. The maximum absolute atomic E-state index is 13.2. The van der Waals surface area contributed by atoms with Crippen molar-refractivity contribution in [2.24, 2.45) is 0 Å². The zero-order chi connectivity index (χ0) is 15.6. The number of benzene rings is 2. The summed E-state index contributed by atoms with van der Waals surface area (Å²) in [4.78, 5) is 0.321. The Labute approximate surface area is 124 Å². The number of thiol groups is 1. The van der Waals surface area contributed by atoms with Crippen molar-refractivity contribution in [2.45, 2.75) is 22.0 Å². The van der Waals surface area contributed by atoms with Crippen LogP contribution < -0.4 is 0 Å². The zero-order valence-corrected chi connectivity index (χ0v) is 12.9. The molecule has 0 saturated heterocycles. The second kappa shape index (κ2) is 5.95. The maximum Gasteiger partial charge on any atom is 0.185 e. The number of hydrogen-bond donors (Lipinski definition) is 2. The van der Waals surface area contributed by atoms with Gasteiger partial charge in [0.15, 0.2) is 9.84 Å². The van der Waals surface area contributed by atoms with Crippen LogP contribution in [0.5, 0.6) is 0 Å². The monoisotopic (exact) mass is 327 g/mol. The van der Waals surface area contributed by atoms with Gasteiger partial charge >= 0.3 is 0 Å². The third-order valence-electron chi connectivity index (χ3n) is 3.18. The molecule has 2 aromatic rings. The molecule has 1 N–H and O–H groups in total. The topological polar surface area (TPSA) is 75.1 Å². The van der Waals surface area contributed by atoms with Gasteiger partial charge in [-0.25, -0.2) is 17.0 Å². The largest absolute Gasteiger partial charge is 0.251 e. The van der Waals surface area contributed by atoms with Crippen LogP contribution in [0.1, 0.15) is 17.7 Å². The van der Waals surface area contributed by atoms with Crippen molar-refractivity contribution < 1.29 is 17.0 Å². The number of nitrogens with one attached hydrogen (secondary N) is 1. The quantitative estimate of drug-likeness (QED) is 0.848. The normalized spacial score (nSPS) is 14.6. The van der Waals surface area contributed by atoms with Gasteiger partial charge in [0.2, 0.25) is 0 Å². The van der Waals surface area contributed by atoms with Gasteiger partial charge in [-0.3, -0.25) is 4.78 Å². The molecule has 1 unspecified atom stereocenters. The fraction of sp³-hybridized carbons (Fsp3) is 0.143. The van der Waals surface area contributed by atoms with Gasteiger partial charge in [-0.1, -0.05) is 12.1 Å². The Hall–Kier alpha value is -1.73. The highest BCUT2D eigenvalue weighted by atomic mass is 32.2. The standard InChI is InChI=1S/C14H14FNO3S2/c1-10(11-3-2-4-12(15)9-11)21(18,19)14-7-5-13(6-8-14)20(16)17/h2-10,16,20H,1H3/t10-/m1/s1. The summed E-state index contributed by atoms with van der Waals surface area (Å²) in [5.41, 5.74) is 0.366. The number of halogens is 1. The first kappa shape index (κ1) is 15.7. The molecule has 4 nitrogen and oxygen atoms in total. The smallest absolute Gasteiger partial charge is 0.185 e.